The average molecular weight is 470 g/mol. The summed E-state index contributed by atoms with van der Waals surface area (Å²) in [5.41, 5.74) is 2.39. The molecule has 1 atom stereocenters. The monoisotopic (exact) mass is 469 g/mol. The molecule has 1 aromatic heterocycles. The van der Waals surface area contributed by atoms with E-state index >= 15 is 0 Å². The highest BCUT2D eigenvalue weighted by molar-refractivity contribution is 5.65. The molecule has 0 saturated heterocycles. The zero-order chi connectivity index (χ0) is 24.7. The predicted octanol–water partition coefficient (Wildman–Crippen LogP) is 5.94. The van der Waals surface area contributed by atoms with Crippen molar-refractivity contribution in [2.75, 3.05) is 13.1 Å². The van der Waals surface area contributed by atoms with Gasteiger partial charge >= 0.3 is 0 Å². The highest BCUT2D eigenvalue weighted by Crippen LogP contribution is 2.35. The molecule has 0 aliphatic heterocycles. The lowest BCUT2D eigenvalue weighted by atomic mass is 10.1. The van der Waals surface area contributed by atoms with Gasteiger partial charge in [-0.2, -0.15) is 5.10 Å². The summed E-state index contributed by atoms with van der Waals surface area (Å²) >= 11 is 0. The molecule has 0 aliphatic carbocycles. The van der Waals surface area contributed by atoms with Crippen molar-refractivity contribution in [3.8, 4) is 22.9 Å². The van der Waals surface area contributed by atoms with Gasteiger partial charge in [-0.1, -0.05) is 50.3 Å². The smallest absolute Gasteiger partial charge is 0.222 e. The number of aromatic nitrogens is 2. The van der Waals surface area contributed by atoms with Crippen molar-refractivity contribution in [2.45, 2.75) is 39.3 Å². The quantitative estimate of drug-likeness (QED) is 0.334. The number of aliphatic hydroxyl groups is 1. The molecule has 1 heterocycles. The summed E-state index contributed by atoms with van der Waals surface area (Å²) in [7, 11) is 1.73. The van der Waals surface area contributed by atoms with Crippen LogP contribution in [0.25, 0.3) is 11.3 Å². The van der Waals surface area contributed by atoms with Gasteiger partial charge in [0.05, 0.1) is 11.7 Å². The SMILES string of the molecule is C=CCC[C@H](O)CN(Cc1c(-c2ccccc2)nn(C)c1Oc1ccc(F)cc1F)CC(C)C. The topological polar surface area (TPSA) is 50.5 Å². The first-order valence-corrected chi connectivity index (χ1v) is 11.5. The van der Waals surface area contributed by atoms with Gasteiger partial charge in [0, 0.05) is 38.3 Å². The van der Waals surface area contributed by atoms with Gasteiger partial charge in [-0.25, -0.2) is 13.5 Å². The minimum atomic E-state index is -0.785. The molecule has 0 bridgehead atoms. The molecule has 2 aromatic carbocycles. The van der Waals surface area contributed by atoms with Gasteiger partial charge in [0.1, 0.15) is 11.5 Å². The van der Waals surface area contributed by atoms with Crippen LogP contribution in [0, 0.1) is 17.6 Å². The summed E-state index contributed by atoms with van der Waals surface area (Å²) in [5.74, 6) is -0.795. The molecule has 5 nitrogen and oxygen atoms in total. The number of nitrogens with zero attached hydrogens (tertiary/aromatic N) is 3. The van der Waals surface area contributed by atoms with Crippen molar-refractivity contribution >= 4 is 0 Å². The molecular weight excluding hydrogens is 436 g/mol. The number of rotatable bonds is 12. The molecule has 0 saturated carbocycles. The second-order valence-corrected chi connectivity index (χ2v) is 8.91. The van der Waals surface area contributed by atoms with Gasteiger partial charge in [-0.05, 0) is 30.9 Å². The van der Waals surface area contributed by atoms with Crippen molar-refractivity contribution in [2.24, 2.45) is 13.0 Å². The molecule has 3 aromatic rings. The maximum atomic E-state index is 14.4. The number of hydrogen-bond acceptors (Lipinski definition) is 4. The molecule has 0 aliphatic rings. The van der Waals surface area contributed by atoms with Gasteiger partial charge < -0.3 is 9.84 Å². The highest BCUT2D eigenvalue weighted by atomic mass is 19.1. The normalized spacial score (nSPS) is 12.4. The fourth-order valence-electron chi connectivity index (χ4n) is 3.96. The third-order valence-corrected chi connectivity index (χ3v) is 5.41. The fraction of sp³-hybridized carbons (Fsp3) is 0.370. The summed E-state index contributed by atoms with van der Waals surface area (Å²) in [6, 6.07) is 12.9. The molecule has 0 amide bonds. The highest BCUT2D eigenvalue weighted by Gasteiger charge is 2.24. The van der Waals surface area contributed by atoms with Crippen LogP contribution in [-0.4, -0.2) is 39.0 Å². The maximum absolute atomic E-state index is 14.4. The largest absolute Gasteiger partial charge is 0.436 e. The Labute approximate surface area is 200 Å². The second-order valence-electron chi connectivity index (χ2n) is 8.91. The summed E-state index contributed by atoms with van der Waals surface area (Å²) < 4.78 is 35.4. The summed E-state index contributed by atoms with van der Waals surface area (Å²) in [6.45, 7) is 9.64. The van der Waals surface area contributed by atoms with E-state index in [-0.39, 0.29) is 5.75 Å². The van der Waals surface area contributed by atoms with Crippen LogP contribution in [-0.2, 0) is 13.6 Å². The van der Waals surface area contributed by atoms with Crippen LogP contribution >= 0.6 is 0 Å². The van der Waals surface area contributed by atoms with Crippen molar-refractivity contribution in [1.82, 2.24) is 14.7 Å². The summed E-state index contributed by atoms with van der Waals surface area (Å²) in [6.07, 6.45) is 2.65. The lowest BCUT2D eigenvalue weighted by Gasteiger charge is -2.27. The van der Waals surface area contributed by atoms with E-state index in [1.807, 2.05) is 30.3 Å². The van der Waals surface area contributed by atoms with Crippen LogP contribution in [0.4, 0.5) is 8.78 Å². The third-order valence-electron chi connectivity index (χ3n) is 5.41. The van der Waals surface area contributed by atoms with E-state index in [9.17, 15) is 13.9 Å². The minimum Gasteiger partial charge on any atom is -0.436 e. The molecular formula is C27H33F2N3O2. The van der Waals surface area contributed by atoms with E-state index in [0.29, 0.717) is 31.3 Å². The fourth-order valence-corrected chi connectivity index (χ4v) is 3.96. The Balaban J connectivity index is 2.01. The van der Waals surface area contributed by atoms with Crippen LogP contribution in [0.5, 0.6) is 11.6 Å². The minimum absolute atomic E-state index is 0.0771. The van der Waals surface area contributed by atoms with Crippen LogP contribution in [0.15, 0.2) is 61.2 Å². The Morgan fingerprint density at radius 3 is 2.53 bits per heavy atom. The molecule has 0 unspecified atom stereocenters. The Morgan fingerprint density at radius 2 is 1.88 bits per heavy atom. The number of ether oxygens (including phenoxy) is 1. The summed E-state index contributed by atoms with van der Waals surface area (Å²) in [4.78, 5) is 2.16. The summed E-state index contributed by atoms with van der Waals surface area (Å²) in [5, 5.41) is 15.3. The molecule has 1 N–H and O–H groups in total. The average Bonchev–Trinajstić information content (AvgIpc) is 3.09. The molecule has 34 heavy (non-hydrogen) atoms. The van der Waals surface area contributed by atoms with E-state index in [1.54, 1.807) is 17.8 Å². The number of aliphatic hydroxyl groups excluding tert-OH is 1. The van der Waals surface area contributed by atoms with E-state index in [4.69, 9.17) is 4.74 Å². The van der Waals surface area contributed by atoms with Crippen molar-refractivity contribution in [1.29, 1.82) is 0 Å². The third kappa shape index (κ3) is 6.74. The predicted molar refractivity (Wildman–Crippen MR) is 131 cm³/mol. The molecule has 0 fully saturated rings. The van der Waals surface area contributed by atoms with Gasteiger partial charge in [0.2, 0.25) is 5.88 Å². The first kappa shape index (κ1) is 25.6. The Bertz CT molecular complexity index is 1080. The lowest BCUT2D eigenvalue weighted by Crippen LogP contribution is -2.35. The van der Waals surface area contributed by atoms with Crippen LogP contribution in [0.2, 0.25) is 0 Å². The van der Waals surface area contributed by atoms with E-state index in [2.05, 4.69) is 30.4 Å². The number of hydrogen-bond donors (Lipinski definition) is 1. The van der Waals surface area contributed by atoms with Crippen molar-refractivity contribution in [3.63, 3.8) is 0 Å². The first-order valence-electron chi connectivity index (χ1n) is 11.5. The van der Waals surface area contributed by atoms with Crippen LogP contribution in [0.3, 0.4) is 0 Å². The molecule has 3 rings (SSSR count). The Hall–Kier alpha value is -3.03. The Morgan fingerprint density at radius 1 is 1.15 bits per heavy atom. The van der Waals surface area contributed by atoms with E-state index in [0.717, 1.165) is 41.9 Å². The molecule has 0 spiro atoms. The molecule has 0 radical (unpaired) electrons. The van der Waals surface area contributed by atoms with Gasteiger partial charge in [-0.15, -0.1) is 6.58 Å². The van der Waals surface area contributed by atoms with Crippen molar-refractivity contribution < 1.29 is 18.6 Å². The zero-order valence-corrected chi connectivity index (χ0v) is 20.0. The first-order chi connectivity index (χ1) is 16.3. The Kier molecular flexibility index (Phi) is 8.96. The molecule has 182 valence electrons. The van der Waals surface area contributed by atoms with Crippen molar-refractivity contribution in [3.05, 3.63) is 78.4 Å². The zero-order valence-electron chi connectivity index (χ0n) is 20.0. The number of allylic oxidation sites excluding steroid dienone is 1. The standard InChI is InChI=1S/C27H33F2N3O2/c1-5-6-12-22(33)17-32(16-19(2)3)18-23-26(20-10-8-7-9-11-20)30-31(4)27(23)34-25-14-13-21(28)15-24(25)29/h5,7-11,13-15,19,22,33H,1,6,12,16-18H2,2-4H3/t22-/m0/s1. The number of aryl methyl sites for hydroxylation is 1. The van der Waals surface area contributed by atoms with Gasteiger partial charge in [0.15, 0.2) is 11.6 Å². The number of benzene rings is 2. The lowest BCUT2D eigenvalue weighted by molar-refractivity contribution is 0.0953. The van der Waals surface area contributed by atoms with E-state index in [1.165, 1.54) is 6.07 Å². The van der Waals surface area contributed by atoms with Crippen LogP contribution in [0.1, 0.15) is 32.3 Å². The van der Waals surface area contributed by atoms with Crippen LogP contribution < -0.4 is 4.74 Å². The second kappa shape index (κ2) is 11.9. The van der Waals surface area contributed by atoms with Gasteiger partial charge in [-0.3, -0.25) is 4.90 Å². The number of halogens is 2. The van der Waals surface area contributed by atoms with E-state index < -0.39 is 17.7 Å². The maximum Gasteiger partial charge on any atom is 0.222 e. The van der Waals surface area contributed by atoms with Gasteiger partial charge in [0.25, 0.3) is 0 Å². The molecule has 7 heteroatoms.